The average molecular weight is 335 g/mol. The fourth-order valence-corrected chi connectivity index (χ4v) is 2.81. The molecule has 0 saturated heterocycles. The van der Waals surface area contributed by atoms with Crippen LogP contribution in [0.4, 0.5) is 0 Å². The summed E-state index contributed by atoms with van der Waals surface area (Å²) in [6, 6.07) is 12.2. The maximum atomic E-state index is 5.79. The van der Waals surface area contributed by atoms with Gasteiger partial charge in [-0.3, -0.25) is 5.84 Å². The van der Waals surface area contributed by atoms with Gasteiger partial charge in [-0.2, -0.15) is 0 Å². The molecule has 0 spiro atoms. The molecule has 0 bridgehead atoms. The number of benzene rings is 2. The van der Waals surface area contributed by atoms with Crippen LogP contribution in [-0.4, -0.2) is 7.11 Å². The third kappa shape index (κ3) is 3.03. The minimum Gasteiger partial charge on any atom is -0.497 e. The number of nitrogens with one attached hydrogen (secondary N) is 1. The molecule has 1 atom stereocenters. The van der Waals surface area contributed by atoms with Crippen molar-refractivity contribution < 1.29 is 4.74 Å². The van der Waals surface area contributed by atoms with Gasteiger partial charge in [0.15, 0.2) is 0 Å². The van der Waals surface area contributed by atoms with Gasteiger partial charge in [0.1, 0.15) is 5.75 Å². The van der Waals surface area contributed by atoms with Gasteiger partial charge < -0.3 is 4.74 Å². The molecule has 0 aliphatic heterocycles. The summed E-state index contributed by atoms with van der Waals surface area (Å²) in [6.07, 6.45) is 0. The van der Waals surface area contributed by atoms with Gasteiger partial charge in [0.25, 0.3) is 0 Å². The summed E-state index contributed by atoms with van der Waals surface area (Å²) in [4.78, 5) is 0. The molecule has 106 valence electrons. The zero-order valence-corrected chi connectivity index (χ0v) is 13.5. The van der Waals surface area contributed by atoms with Crippen molar-refractivity contribution in [3.05, 3.63) is 63.1 Å². The highest BCUT2D eigenvalue weighted by Crippen LogP contribution is 2.31. The molecule has 2 rings (SSSR count). The Labute approximate surface area is 128 Å². The number of methoxy groups -OCH3 is 1. The molecule has 3 nitrogen and oxygen atoms in total. The van der Waals surface area contributed by atoms with Crippen LogP contribution in [0.15, 0.2) is 40.9 Å². The van der Waals surface area contributed by atoms with Crippen molar-refractivity contribution in [3.8, 4) is 5.75 Å². The maximum absolute atomic E-state index is 5.79. The van der Waals surface area contributed by atoms with E-state index < -0.39 is 0 Å². The lowest BCUT2D eigenvalue weighted by Gasteiger charge is -2.21. The number of hydrogen-bond donors (Lipinski definition) is 2. The van der Waals surface area contributed by atoms with Crippen molar-refractivity contribution in [3.63, 3.8) is 0 Å². The topological polar surface area (TPSA) is 47.3 Å². The lowest BCUT2D eigenvalue weighted by atomic mass is 9.94. The van der Waals surface area contributed by atoms with Gasteiger partial charge in [-0.1, -0.05) is 39.7 Å². The van der Waals surface area contributed by atoms with Crippen LogP contribution in [0.3, 0.4) is 0 Å². The number of rotatable bonds is 4. The second-order valence-corrected chi connectivity index (χ2v) is 5.70. The Bertz CT molecular complexity index is 613. The lowest BCUT2D eigenvalue weighted by molar-refractivity contribution is 0.414. The van der Waals surface area contributed by atoms with Gasteiger partial charge in [-0.15, -0.1) is 0 Å². The molecule has 0 heterocycles. The summed E-state index contributed by atoms with van der Waals surface area (Å²) in [6.45, 7) is 4.14. The molecule has 0 aliphatic rings. The molecule has 3 N–H and O–H groups in total. The molecule has 0 aromatic heterocycles. The van der Waals surface area contributed by atoms with Crippen LogP contribution in [0.5, 0.6) is 5.75 Å². The SMILES string of the molecule is COc1ccc(C(NN)c2cc(C)ccc2Br)c(C)c1. The highest BCUT2D eigenvalue weighted by Gasteiger charge is 2.17. The molecule has 4 heteroatoms. The molecule has 0 fully saturated rings. The molecule has 20 heavy (non-hydrogen) atoms. The largest absolute Gasteiger partial charge is 0.497 e. The van der Waals surface area contributed by atoms with Gasteiger partial charge in [0, 0.05) is 4.47 Å². The zero-order chi connectivity index (χ0) is 14.7. The van der Waals surface area contributed by atoms with Crippen LogP contribution < -0.4 is 16.0 Å². The van der Waals surface area contributed by atoms with E-state index in [0.29, 0.717) is 0 Å². The lowest BCUT2D eigenvalue weighted by Crippen LogP contribution is -2.29. The Morgan fingerprint density at radius 1 is 1.10 bits per heavy atom. The standard InChI is InChI=1S/C16H19BrN2O/c1-10-4-7-15(17)14(8-10)16(19-18)13-6-5-12(20-3)9-11(13)2/h4-9,16,19H,18H2,1-3H3. The average Bonchev–Trinajstić information content (AvgIpc) is 2.44. The van der Waals surface area contributed by atoms with E-state index in [1.165, 1.54) is 5.56 Å². The predicted octanol–water partition coefficient (Wildman–Crippen LogP) is 3.63. The number of hydrogen-bond acceptors (Lipinski definition) is 3. The summed E-state index contributed by atoms with van der Waals surface area (Å²) >= 11 is 3.60. The van der Waals surface area contributed by atoms with Crippen molar-refractivity contribution >= 4 is 15.9 Å². The van der Waals surface area contributed by atoms with Crippen LogP contribution in [0, 0.1) is 13.8 Å². The first-order valence-electron chi connectivity index (χ1n) is 6.43. The first-order chi connectivity index (χ1) is 9.56. The third-order valence-corrected chi connectivity index (χ3v) is 4.14. The molecule has 0 saturated carbocycles. The van der Waals surface area contributed by atoms with E-state index in [9.17, 15) is 0 Å². The zero-order valence-electron chi connectivity index (χ0n) is 11.9. The minimum absolute atomic E-state index is 0.0600. The molecule has 2 aromatic carbocycles. The fourth-order valence-electron chi connectivity index (χ4n) is 2.33. The molecule has 0 amide bonds. The quantitative estimate of drug-likeness (QED) is 0.663. The second-order valence-electron chi connectivity index (χ2n) is 4.85. The van der Waals surface area contributed by atoms with Crippen LogP contribution in [0.25, 0.3) is 0 Å². The Morgan fingerprint density at radius 2 is 1.85 bits per heavy atom. The van der Waals surface area contributed by atoms with Gasteiger partial charge in [-0.05, 0) is 48.7 Å². The van der Waals surface area contributed by atoms with Crippen molar-refractivity contribution in [2.45, 2.75) is 19.9 Å². The smallest absolute Gasteiger partial charge is 0.119 e. The van der Waals surface area contributed by atoms with E-state index in [1.54, 1.807) is 7.11 Å². The van der Waals surface area contributed by atoms with Crippen molar-refractivity contribution in [2.75, 3.05) is 7.11 Å². The van der Waals surface area contributed by atoms with Crippen molar-refractivity contribution in [1.29, 1.82) is 0 Å². The highest BCUT2D eigenvalue weighted by molar-refractivity contribution is 9.10. The van der Waals surface area contributed by atoms with Crippen LogP contribution in [-0.2, 0) is 0 Å². The molecule has 2 aromatic rings. The van der Waals surface area contributed by atoms with Gasteiger partial charge in [-0.25, -0.2) is 5.43 Å². The van der Waals surface area contributed by atoms with Crippen LogP contribution in [0.1, 0.15) is 28.3 Å². The van der Waals surface area contributed by atoms with Crippen LogP contribution >= 0.6 is 15.9 Å². The summed E-state index contributed by atoms with van der Waals surface area (Å²) in [5.74, 6) is 6.65. The van der Waals surface area contributed by atoms with E-state index >= 15 is 0 Å². The van der Waals surface area contributed by atoms with Crippen molar-refractivity contribution in [1.82, 2.24) is 5.43 Å². The van der Waals surface area contributed by atoms with Crippen molar-refractivity contribution in [2.24, 2.45) is 5.84 Å². The maximum Gasteiger partial charge on any atom is 0.119 e. The van der Waals surface area contributed by atoms with Crippen LogP contribution in [0.2, 0.25) is 0 Å². The third-order valence-electron chi connectivity index (χ3n) is 3.42. The predicted molar refractivity (Wildman–Crippen MR) is 85.8 cm³/mol. The van der Waals surface area contributed by atoms with E-state index in [-0.39, 0.29) is 6.04 Å². The van der Waals surface area contributed by atoms with E-state index in [2.05, 4.69) is 47.3 Å². The summed E-state index contributed by atoms with van der Waals surface area (Å²) in [5, 5.41) is 0. The van der Waals surface area contributed by atoms with E-state index in [1.807, 2.05) is 24.3 Å². The monoisotopic (exact) mass is 334 g/mol. The van der Waals surface area contributed by atoms with Gasteiger partial charge in [0.2, 0.25) is 0 Å². The molecule has 0 radical (unpaired) electrons. The van der Waals surface area contributed by atoms with E-state index in [4.69, 9.17) is 10.6 Å². The Hall–Kier alpha value is -1.36. The minimum atomic E-state index is -0.0600. The normalized spacial score (nSPS) is 12.2. The van der Waals surface area contributed by atoms with E-state index in [0.717, 1.165) is 26.9 Å². The first-order valence-corrected chi connectivity index (χ1v) is 7.23. The number of hydrazine groups is 1. The number of aryl methyl sites for hydroxylation is 2. The Kier molecular flexibility index (Phi) is 4.81. The Morgan fingerprint density at radius 3 is 2.45 bits per heavy atom. The first kappa shape index (κ1) is 15.0. The molecular formula is C16H19BrN2O. The molecule has 1 unspecified atom stereocenters. The highest BCUT2D eigenvalue weighted by atomic mass is 79.9. The molecular weight excluding hydrogens is 316 g/mol. The number of ether oxygens (including phenoxy) is 1. The fraction of sp³-hybridized carbons (Fsp3) is 0.250. The Balaban J connectivity index is 2.49. The second kappa shape index (κ2) is 6.39. The molecule has 0 aliphatic carbocycles. The summed E-state index contributed by atoms with van der Waals surface area (Å²) in [7, 11) is 1.67. The van der Waals surface area contributed by atoms with Gasteiger partial charge >= 0.3 is 0 Å². The number of nitrogens with two attached hydrogens (primary N) is 1. The number of halogens is 1. The van der Waals surface area contributed by atoms with Gasteiger partial charge in [0.05, 0.1) is 13.2 Å². The summed E-state index contributed by atoms with van der Waals surface area (Å²) < 4.78 is 6.29. The summed E-state index contributed by atoms with van der Waals surface area (Å²) in [5.41, 5.74) is 7.52.